The summed E-state index contributed by atoms with van der Waals surface area (Å²) in [6.45, 7) is 6.36. The predicted octanol–water partition coefficient (Wildman–Crippen LogP) is 1.93. The molecule has 1 aromatic rings. The third-order valence-corrected chi connectivity index (χ3v) is 3.63. The Morgan fingerprint density at radius 2 is 2.00 bits per heavy atom. The first-order valence-corrected chi connectivity index (χ1v) is 6.73. The van der Waals surface area contributed by atoms with Crippen LogP contribution in [0.2, 0.25) is 0 Å². The third-order valence-electron chi connectivity index (χ3n) is 3.63. The predicted molar refractivity (Wildman–Crippen MR) is 76.9 cm³/mol. The average molecular weight is 264 g/mol. The fraction of sp³-hybridized carbons (Fsp3) is 0.600. The van der Waals surface area contributed by atoms with E-state index in [1.54, 1.807) is 14.2 Å². The molecular weight excluding hydrogens is 240 g/mol. The van der Waals surface area contributed by atoms with Crippen molar-refractivity contribution in [1.82, 2.24) is 10.6 Å². The zero-order valence-corrected chi connectivity index (χ0v) is 12.2. The SMILES string of the molecule is COc1ccc(CNC2CNC(C)(C)C2)cc1OC. The molecule has 0 radical (unpaired) electrons. The van der Waals surface area contributed by atoms with Crippen LogP contribution in [0.4, 0.5) is 0 Å². The molecule has 0 spiro atoms. The van der Waals surface area contributed by atoms with Crippen molar-refractivity contribution < 1.29 is 9.47 Å². The maximum Gasteiger partial charge on any atom is 0.161 e. The van der Waals surface area contributed by atoms with E-state index in [0.29, 0.717) is 6.04 Å². The molecule has 4 heteroatoms. The second-order valence-corrected chi connectivity index (χ2v) is 5.74. The van der Waals surface area contributed by atoms with Gasteiger partial charge in [0.15, 0.2) is 11.5 Å². The lowest BCUT2D eigenvalue weighted by Crippen LogP contribution is -2.31. The van der Waals surface area contributed by atoms with Gasteiger partial charge >= 0.3 is 0 Å². The molecule has 0 saturated carbocycles. The number of hydrogen-bond donors (Lipinski definition) is 2. The molecular formula is C15H24N2O2. The number of methoxy groups -OCH3 is 2. The first-order chi connectivity index (χ1) is 9.04. The summed E-state index contributed by atoms with van der Waals surface area (Å²) in [5.41, 5.74) is 1.46. The first kappa shape index (κ1) is 14.2. The van der Waals surface area contributed by atoms with Gasteiger partial charge in [-0.1, -0.05) is 6.07 Å². The molecule has 0 bridgehead atoms. The molecule has 4 nitrogen and oxygen atoms in total. The highest BCUT2D eigenvalue weighted by Crippen LogP contribution is 2.27. The van der Waals surface area contributed by atoms with Gasteiger partial charge < -0.3 is 20.1 Å². The van der Waals surface area contributed by atoms with Crippen LogP contribution in [0.1, 0.15) is 25.8 Å². The van der Waals surface area contributed by atoms with Crippen molar-refractivity contribution in [2.75, 3.05) is 20.8 Å². The van der Waals surface area contributed by atoms with Gasteiger partial charge in [-0.15, -0.1) is 0 Å². The minimum atomic E-state index is 0.245. The van der Waals surface area contributed by atoms with E-state index in [1.165, 1.54) is 5.56 Å². The van der Waals surface area contributed by atoms with Crippen LogP contribution in [-0.4, -0.2) is 32.3 Å². The van der Waals surface area contributed by atoms with E-state index in [4.69, 9.17) is 9.47 Å². The Morgan fingerprint density at radius 3 is 2.58 bits per heavy atom. The quantitative estimate of drug-likeness (QED) is 0.853. The lowest BCUT2D eigenvalue weighted by atomic mass is 10.0. The lowest BCUT2D eigenvalue weighted by molar-refractivity contribution is 0.354. The van der Waals surface area contributed by atoms with Gasteiger partial charge in [0.25, 0.3) is 0 Å². The van der Waals surface area contributed by atoms with Gasteiger partial charge in [-0.05, 0) is 38.0 Å². The van der Waals surface area contributed by atoms with E-state index < -0.39 is 0 Å². The molecule has 0 amide bonds. The molecule has 1 aliphatic heterocycles. The average Bonchev–Trinajstić information content (AvgIpc) is 2.75. The summed E-state index contributed by atoms with van der Waals surface area (Å²) in [6, 6.07) is 6.58. The van der Waals surface area contributed by atoms with Crippen LogP contribution in [0.15, 0.2) is 18.2 Å². The topological polar surface area (TPSA) is 42.5 Å². The third kappa shape index (κ3) is 3.61. The van der Waals surface area contributed by atoms with E-state index in [9.17, 15) is 0 Å². The largest absolute Gasteiger partial charge is 0.493 e. The van der Waals surface area contributed by atoms with Crippen molar-refractivity contribution in [2.45, 2.75) is 38.4 Å². The van der Waals surface area contributed by atoms with Gasteiger partial charge in [-0.25, -0.2) is 0 Å². The van der Waals surface area contributed by atoms with Crippen LogP contribution in [0.5, 0.6) is 11.5 Å². The first-order valence-electron chi connectivity index (χ1n) is 6.73. The summed E-state index contributed by atoms with van der Waals surface area (Å²) in [5, 5.41) is 7.10. The minimum absolute atomic E-state index is 0.245. The summed E-state index contributed by atoms with van der Waals surface area (Å²) in [5.74, 6) is 1.56. The summed E-state index contributed by atoms with van der Waals surface area (Å²) >= 11 is 0. The van der Waals surface area contributed by atoms with E-state index in [-0.39, 0.29) is 5.54 Å². The molecule has 1 heterocycles. The van der Waals surface area contributed by atoms with Crippen molar-refractivity contribution in [3.63, 3.8) is 0 Å². The highest BCUT2D eigenvalue weighted by molar-refractivity contribution is 5.42. The van der Waals surface area contributed by atoms with Crippen molar-refractivity contribution in [3.8, 4) is 11.5 Å². The van der Waals surface area contributed by atoms with Crippen LogP contribution in [-0.2, 0) is 6.54 Å². The van der Waals surface area contributed by atoms with E-state index >= 15 is 0 Å². The number of ether oxygens (including phenoxy) is 2. The van der Waals surface area contributed by atoms with Crippen LogP contribution in [0.25, 0.3) is 0 Å². The Balaban J connectivity index is 1.93. The Hall–Kier alpha value is -1.26. The molecule has 0 aliphatic carbocycles. The molecule has 1 aliphatic rings. The van der Waals surface area contributed by atoms with Gasteiger partial charge in [0, 0.05) is 24.7 Å². The Morgan fingerprint density at radius 1 is 1.26 bits per heavy atom. The molecule has 1 fully saturated rings. The number of hydrogen-bond acceptors (Lipinski definition) is 4. The zero-order chi connectivity index (χ0) is 13.9. The lowest BCUT2D eigenvalue weighted by Gasteiger charge is -2.17. The van der Waals surface area contributed by atoms with E-state index in [1.807, 2.05) is 12.1 Å². The van der Waals surface area contributed by atoms with Gasteiger partial charge in [0.1, 0.15) is 0 Å². The van der Waals surface area contributed by atoms with Crippen LogP contribution < -0.4 is 20.1 Å². The van der Waals surface area contributed by atoms with E-state index in [0.717, 1.165) is 31.0 Å². The Kier molecular flexibility index (Phi) is 4.32. The number of nitrogens with one attached hydrogen (secondary N) is 2. The van der Waals surface area contributed by atoms with Crippen LogP contribution in [0.3, 0.4) is 0 Å². The smallest absolute Gasteiger partial charge is 0.161 e. The standard InChI is InChI=1S/C15H24N2O2/c1-15(2)8-12(10-17-15)16-9-11-5-6-13(18-3)14(7-11)19-4/h5-7,12,16-17H,8-10H2,1-4H3. The molecule has 106 valence electrons. The van der Waals surface area contributed by atoms with Gasteiger partial charge in [-0.3, -0.25) is 0 Å². The highest BCUT2D eigenvalue weighted by Gasteiger charge is 2.29. The van der Waals surface area contributed by atoms with E-state index in [2.05, 4.69) is 30.5 Å². The monoisotopic (exact) mass is 264 g/mol. The molecule has 2 rings (SSSR count). The maximum absolute atomic E-state index is 5.32. The maximum atomic E-state index is 5.32. The molecule has 1 aromatic carbocycles. The minimum Gasteiger partial charge on any atom is -0.493 e. The van der Waals surface area contributed by atoms with Crippen molar-refractivity contribution in [3.05, 3.63) is 23.8 Å². The normalized spacial score (nSPS) is 21.4. The van der Waals surface area contributed by atoms with Crippen molar-refractivity contribution >= 4 is 0 Å². The van der Waals surface area contributed by atoms with Crippen molar-refractivity contribution in [1.29, 1.82) is 0 Å². The summed E-state index contributed by atoms with van der Waals surface area (Å²) in [7, 11) is 3.32. The summed E-state index contributed by atoms with van der Waals surface area (Å²) in [4.78, 5) is 0. The second-order valence-electron chi connectivity index (χ2n) is 5.74. The van der Waals surface area contributed by atoms with Gasteiger partial charge in [-0.2, -0.15) is 0 Å². The van der Waals surface area contributed by atoms with Gasteiger partial charge in [0.05, 0.1) is 14.2 Å². The highest BCUT2D eigenvalue weighted by atomic mass is 16.5. The summed E-state index contributed by atoms with van der Waals surface area (Å²) in [6.07, 6.45) is 1.15. The Labute approximate surface area is 115 Å². The fourth-order valence-corrected chi connectivity index (χ4v) is 2.56. The molecule has 2 N–H and O–H groups in total. The van der Waals surface area contributed by atoms with Gasteiger partial charge in [0.2, 0.25) is 0 Å². The number of rotatable bonds is 5. The molecule has 1 atom stereocenters. The second kappa shape index (κ2) is 5.80. The van der Waals surface area contributed by atoms with Crippen LogP contribution >= 0.6 is 0 Å². The fourth-order valence-electron chi connectivity index (χ4n) is 2.56. The molecule has 19 heavy (non-hydrogen) atoms. The molecule has 1 unspecified atom stereocenters. The zero-order valence-electron chi connectivity index (χ0n) is 12.2. The summed E-state index contributed by atoms with van der Waals surface area (Å²) < 4.78 is 10.6. The van der Waals surface area contributed by atoms with Crippen LogP contribution in [0, 0.1) is 0 Å². The molecule has 1 saturated heterocycles. The number of benzene rings is 1. The Bertz CT molecular complexity index is 432. The van der Waals surface area contributed by atoms with Crippen molar-refractivity contribution in [2.24, 2.45) is 0 Å². The molecule has 0 aromatic heterocycles.